The lowest BCUT2D eigenvalue weighted by Crippen LogP contribution is -3.00. The quantitative estimate of drug-likeness (QED) is 0.142. The van der Waals surface area contributed by atoms with Crippen molar-refractivity contribution in [2.75, 3.05) is 6.66 Å². The predicted molar refractivity (Wildman–Crippen MR) is 180 cm³/mol. The van der Waals surface area contributed by atoms with E-state index in [2.05, 4.69) is 138 Å². The molecule has 0 amide bonds. The normalized spacial score (nSPS) is 15.6. The van der Waals surface area contributed by atoms with E-state index in [9.17, 15) is 0 Å². The van der Waals surface area contributed by atoms with Gasteiger partial charge in [-0.3, -0.25) is 0 Å². The van der Waals surface area contributed by atoms with Gasteiger partial charge in [0.1, 0.15) is 23.2 Å². The van der Waals surface area contributed by atoms with E-state index < -0.39 is 7.26 Å². The molecule has 0 aliphatic heterocycles. The van der Waals surface area contributed by atoms with Gasteiger partial charge in [0.05, 0.1) is 6.66 Å². The van der Waals surface area contributed by atoms with Crippen molar-refractivity contribution in [3.8, 4) is 11.1 Å². The van der Waals surface area contributed by atoms with Crippen molar-refractivity contribution < 1.29 is 17.0 Å². The Morgan fingerprint density at radius 3 is 1.68 bits per heavy atom. The van der Waals surface area contributed by atoms with Crippen molar-refractivity contribution in [3.05, 3.63) is 114 Å². The monoisotopic (exact) mass is 626 g/mol. The molecular formula is C39H48BrP. The highest BCUT2D eigenvalue weighted by atomic mass is 79.9. The van der Waals surface area contributed by atoms with E-state index in [1.165, 1.54) is 65.6 Å². The summed E-state index contributed by atoms with van der Waals surface area (Å²) >= 11 is 0. The fraction of sp³-hybridized carbons (Fsp3) is 0.385. The number of fused-ring (bicyclic) bond motifs is 1. The molecule has 0 nitrogen and oxygen atoms in total. The van der Waals surface area contributed by atoms with Gasteiger partial charge in [-0.15, -0.1) is 0 Å². The van der Waals surface area contributed by atoms with Crippen LogP contribution >= 0.6 is 7.26 Å². The second-order valence-corrected chi connectivity index (χ2v) is 16.9. The molecule has 4 aromatic carbocycles. The summed E-state index contributed by atoms with van der Waals surface area (Å²) in [6.07, 6.45) is 8.81. The molecule has 5 rings (SSSR count). The number of hydrogen-bond acceptors (Lipinski definition) is 0. The van der Waals surface area contributed by atoms with Crippen molar-refractivity contribution in [2.45, 2.75) is 90.4 Å². The molecule has 4 aromatic rings. The molecule has 0 N–H and O–H groups in total. The summed E-state index contributed by atoms with van der Waals surface area (Å²) in [6, 6.07) is 37.2. The molecule has 0 heterocycles. The van der Waals surface area contributed by atoms with Gasteiger partial charge in [-0.1, -0.05) is 115 Å². The Morgan fingerprint density at radius 1 is 0.610 bits per heavy atom. The van der Waals surface area contributed by atoms with Crippen LogP contribution in [-0.4, -0.2) is 6.66 Å². The highest BCUT2D eigenvalue weighted by molar-refractivity contribution is 7.95. The fourth-order valence-corrected chi connectivity index (χ4v) is 10.3. The molecule has 2 heteroatoms. The van der Waals surface area contributed by atoms with Crippen LogP contribution in [0.1, 0.15) is 89.8 Å². The average molecular weight is 628 g/mol. The molecule has 0 saturated heterocycles. The summed E-state index contributed by atoms with van der Waals surface area (Å²) in [5, 5.41) is 4.38. The molecular weight excluding hydrogens is 579 g/mol. The Kier molecular flexibility index (Phi) is 10.0. The largest absolute Gasteiger partial charge is 1.00 e. The van der Waals surface area contributed by atoms with Crippen LogP contribution < -0.4 is 32.9 Å². The minimum Gasteiger partial charge on any atom is -1.00 e. The van der Waals surface area contributed by atoms with E-state index in [0.717, 1.165) is 6.42 Å². The van der Waals surface area contributed by atoms with E-state index in [4.69, 9.17) is 0 Å². The van der Waals surface area contributed by atoms with Crippen molar-refractivity contribution in [3.63, 3.8) is 0 Å². The molecule has 1 aliphatic rings. The molecule has 0 spiro atoms. The van der Waals surface area contributed by atoms with Crippen LogP contribution in [0.5, 0.6) is 0 Å². The number of benzene rings is 4. The first-order valence-electron chi connectivity index (χ1n) is 15.4. The summed E-state index contributed by atoms with van der Waals surface area (Å²) in [4.78, 5) is 0. The Balaban J connectivity index is 0.00000387. The van der Waals surface area contributed by atoms with E-state index >= 15 is 0 Å². The SMILES string of the molecule is CCCCCCc1cc2c(cc1-c1ccccc1[P+](C)(c1ccccc1)c1ccccc1)C(C)(C)CCC2(C)C.[Br-]. The maximum Gasteiger partial charge on any atom is 0.112 e. The van der Waals surface area contributed by atoms with Gasteiger partial charge in [0.15, 0.2) is 0 Å². The third kappa shape index (κ3) is 6.28. The molecule has 1 aliphatic carbocycles. The molecule has 0 saturated carbocycles. The minimum absolute atomic E-state index is 0. The second kappa shape index (κ2) is 13.0. The van der Waals surface area contributed by atoms with Gasteiger partial charge < -0.3 is 17.0 Å². The minimum atomic E-state index is -1.87. The van der Waals surface area contributed by atoms with Crippen molar-refractivity contribution >= 4 is 23.2 Å². The van der Waals surface area contributed by atoms with Gasteiger partial charge in [0.25, 0.3) is 0 Å². The Bertz CT molecular complexity index is 1400. The Hall–Kier alpha value is -2.21. The van der Waals surface area contributed by atoms with Gasteiger partial charge in [0.2, 0.25) is 0 Å². The third-order valence-corrected chi connectivity index (χ3v) is 13.6. The highest BCUT2D eigenvalue weighted by Gasteiger charge is 2.43. The topological polar surface area (TPSA) is 0 Å². The first-order chi connectivity index (χ1) is 19.2. The number of rotatable bonds is 9. The zero-order valence-corrected chi connectivity index (χ0v) is 28.5. The lowest BCUT2D eigenvalue weighted by atomic mass is 9.62. The maximum atomic E-state index is 2.63. The zero-order chi connectivity index (χ0) is 28.4. The zero-order valence-electron chi connectivity index (χ0n) is 26.0. The average Bonchev–Trinajstić information content (AvgIpc) is 2.98. The van der Waals surface area contributed by atoms with Gasteiger partial charge in [-0.2, -0.15) is 0 Å². The molecule has 216 valence electrons. The van der Waals surface area contributed by atoms with Gasteiger partial charge in [-0.25, -0.2) is 0 Å². The van der Waals surface area contributed by atoms with Gasteiger partial charge in [0, 0.05) is 5.56 Å². The first-order valence-corrected chi connectivity index (χ1v) is 17.7. The lowest BCUT2D eigenvalue weighted by molar-refractivity contribution is -0.00000861. The molecule has 0 bridgehead atoms. The molecule has 0 fully saturated rings. The van der Waals surface area contributed by atoms with Crippen LogP contribution in [0, 0.1) is 0 Å². The lowest BCUT2D eigenvalue weighted by Gasteiger charge is -2.42. The summed E-state index contributed by atoms with van der Waals surface area (Å²) in [5.74, 6) is 0. The van der Waals surface area contributed by atoms with Crippen molar-refractivity contribution in [2.24, 2.45) is 0 Å². The van der Waals surface area contributed by atoms with Crippen LogP contribution in [-0.2, 0) is 17.3 Å². The summed E-state index contributed by atoms with van der Waals surface area (Å²) in [7, 11) is -1.87. The summed E-state index contributed by atoms with van der Waals surface area (Å²) in [6.45, 7) is 14.7. The molecule has 41 heavy (non-hydrogen) atoms. The van der Waals surface area contributed by atoms with Gasteiger partial charge >= 0.3 is 0 Å². The summed E-state index contributed by atoms with van der Waals surface area (Å²) in [5.41, 5.74) is 7.99. The van der Waals surface area contributed by atoms with E-state index in [0.29, 0.717) is 0 Å². The fourth-order valence-electron chi connectivity index (χ4n) is 6.83. The Labute approximate surface area is 261 Å². The smallest absolute Gasteiger partial charge is 0.112 e. The number of unbranched alkanes of at least 4 members (excludes halogenated alkanes) is 3. The van der Waals surface area contributed by atoms with Crippen LogP contribution in [0.15, 0.2) is 97.1 Å². The highest BCUT2D eigenvalue weighted by Crippen LogP contribution is 2.54. The molecule has 0 radical (unpaired) electrons. The van der Waals surface area contributed by atoms with Crippen molar-refractivity contribution in [1.82, 2.24) is 0 Å². The number of halogens is 1. The second-order valence-electron chi connectivity index (χ2n) is 13.3. The van der Waals surface area contributed by atoms with Crippen LogP contribution in [0.25, 0.3) is 11.1 Å². The van der Waals surface area contributed by atoms with Crippen LogP contribution in [0.4, 0.5) is 0 Å². The first kappa shape index (κ1) is 31.7. The van der Waals surface area contributed by atoms with Crippen LogP contribution in [0.3, 0.4) is 0 Å². The van der Waals surface area contributed by atoms with Crippen molar-refractivity contribution in [1.29, 1.82) is 0 Å². The van der Waals surface area contributed by atoms with E-state index in [-0.39, 0.29) is 27.8 Å². The number of hydrogen-bond donors (Lipinski definition) is 0. The number of aryl methyl sites for hydroxylation is 1. The molecule has 0 aromatic heterocycles. The van der Waals surface area contributed by atoms with Gasteiger partial charge in [-0.05, 0) is 95.2 Å². The molecule has 0 unspecified atom stereocenters. The van der Waals surface area contributed by atoms with Crippen LogP contribution in [0.2, 0.25) is 0 Å². The van der Waals surface area contributed by atoms with E-state index in [1.807, 2.05) is 0 Å². The summed E-state index contributed by atoms with van der Waals surface area (Å²) < 4.78 is 0. The van der Waals surface area contributed by atoms with E-state index in [1.54, 1.807) is 16.7 Å². The Morgan fingerprint density at radius 2 is 1.12 bits per heavy atom. The molecule has 0 atom stereocenters. The predicted octanol–water partition coefficient (Wildman–Crippen LogP) is 6.75. The third-order valence-electron chi connectivity index (χ3n) is 9.60. The standard InChI is InChI=1S/C39H48P.BrH/c1-7-8-9-12-19-30-28-35-36(39(4,5)27-26-38(35,2)3)29-34(30)33-24-17-18-25-37(33)40(6,31-20-13-10-14-21-31)32-22-15-11-16-23-32;/h10-11,13-18,20-25,28-29H,7-9,12,19,26-27H2,1-6H3;1H/q+1;/p-1. The maximum absolute atomic E-state index is 2.63.